The van der Waals surface area contributed by atoms with E-state index in [9.17, 15) is 4.79 Å². The molecule has 1 amide bonds. The molecule has 1 aromatic carbocycles. The van der Waals surface area contributed by atoms with Crippen LogP contribution in [0.25, 0.3) is 0 Å². The van der Waals surface area contributed by atoms with E-state index in [1.165, 1.54) is 12.8 Å². The predicted molar refractivity (Wildman–Crippen MR) is 102 cm³/mol. The van der Waals surface area contributed by atoms with E-state index < -0.39 is 0 Å². The van der Waals surface area contributed by atoms with Gasteiger partial charge in [0.15, 0.2) is 0 Å². The van der Waals surface area contributed by atoms with Crippen molar-refractivity contribution in [2.24, 2.45) is 5.92 Å². The molecule has 0 N–H and O–H groups in total. The molecule has 3 aliphatic heterocycles. The number of aromatic nitrogens is 2. The average Bonchev–Trinajstić information content (AvgIpc) is 2.90. The van der Waals surface area contributed by atoms with Crippen molar-refractivity contribution >= 4 is 5.91 Å². The van der Waals surface area contributed by atoms with Gasteiger partial charge in [0.2, 0.25) is 0 Å². The monoisotopic (exact) mass is 352 g/mol. The number of piperidine rings is 1. The number of hydrogen-bond acceptors (Lipinski definition) is 3. The number of aryl methyl sites for hydroxylation is 1. The molecule has 2 atom stereocenters. The highest BCUT2D eigenvalue weighted by molar-refractivity contribution is 5.94. The fourth-order valence-electron chi connectivity index (χ4n) is 4.42. The maximum Gasteiger partial charge on any atom is 0.253 e. The zero-order valence-corrected chi connectivity index (χ0v) is 15.6. The third kappa shape index (κ3) is 3.54. The van der Waals surface area contributed by atoms with Gasteiger partial charge in [-0.25, -0.2) is 4.98 Å². The van der Waals surface area contributed by atoms with Crippen molar-refractivity contribution in [2.45, 2.75) is 45.3 Å². The number of fused-ring (bicyclic) bond motifs is 4. The molecule has 0 unspecified atom stereocenters. The number of nitrogens with zero attached hydrogens (tertiary/aromatic N) is 4. The molecule has 3 fully saturated rings. The minimum Gasteiger partial charge on any atom is -0.337 e. The molecule has 0 spiro atoms. The summed E-state index contributed by atoms with van der Waals surface area (Å²) in [5.74, 6) is 1.90. The van der Waals surface area contributed by atoms with Crippen LogP contribution in [0.2, 0.25) is 0 Å². The Bertz CT molecular complexity index is 741. The van der Waals surface area contributed by atoms with E-state index in [4.69, 9.17) is 0 Å². The normalized spacial score (nSPS) is 23.2. The van der Waals surface area contributed by atoms with Gasteiger partial charge >= 0.3 is 0 Å². The second-order valence-corrected chi connectivity index (χ2v) is 7.64. The van der Waals surface area contributed by atoms with Gasteiger partial charge in [-0.05, 0) is 37.3 Å². The number of rotatable bonds is 5. The van der Waals surface area contributed by atoms with E-state index in [0.717, 1.165) is 50.5 Å². The Morgan fingerprint density at radius 1 is 1.15 bits per heavy atom. The van der Waals surface area contributed by atoms with Crippen LogP contribution in [0.5, 0.6) is 0 Å². The van der Waals surface area contributed by atoms with Gasteiger partial charge in [-0.2, -0.15) is 0 Å². The molecular weight excluding hydrogens is 324 g/mol. The number of amides is 1. The first-order valence-corrected chi connectivity index (χ1v) is 9.83. The van der Waals surface area contributed by atoms with Gasteiger partial charge in [0, 0.05) is 50.2 Å². The van der Waals surface area contributed by atoms with E-state index in [1.54, 1.807) is 0 Å². The molecule has 4 heterocycles. The summed E-state index contributed by atoms with van der Waals surface area (Å²) in [5.41, 5.74) is 0.804. The molecule has 0 saturated carbocycles. The number of carbonyl (C=O) groups excluding carboxylic acids is 1. The molecule has 2 aromatic rings. The smallest absolute Gasteiger partial charge is 0.253 e. The SMILES string of the molecule is CCCn1ccnc1CN1C[C@H]2CC[C@@H]1CN(C(=O)c1ccccc1)C2. The lowest BCUT2D eigenvalue weighted by atomic mass is 9.95. The number of benzene rings is 1. The zero-order valence-electron chi connectivity index (χ0n) is 15.6. The molecule has 5 heteroatoms. The molecule has 0 radical (unpaired) electrons. The summed E-state index contributed by atoms with van der Waals surface area (Å²) < 4.78 is 2.27. The molecule has 3 aliphatic rings. The zero-order chi connectivity index (χ0) is 17.9. The van der Waals surface area contributed by atoms with Gasteiger partial charge in [-0.3, -0.25) is 9.69 Å². The van der Waals surface area contributed by atoms with Crippen molar-refractivity contribution in [1.29, 1.82) is 0 Å². The quantitative estimate of drug-likeness (QED) is 0.831. The van der Waals surface area contributed by atoms with Crippen molar-refractivity contribution in [2.75, 3.05) is 19.6 Å². The number of carbonyl (C=O) groups is 1. The van der Waals surface area contributed by atoms with Crippen LogP contribution in [-0.2, 0) is 13.1 Å². The van der Waals surface area contributed by atoms with Crippen molar-refractivity contribution in [3.63, 3.8) is 0 Å². The Balaban J connectivity index is 1.48. The summed E-state index contributed by atoms with van der Waals surface area (Å²) in [4.78, 5) is 22.1. The first-order chi connectivity index (χ1) is 12.7. The molecular formula is C21H28N4O. The molecule has 138 valence electrons. The maximum absolute atomic E-state index is 12.9. The minimum atomic E-state index is 0.178. The van der Waals surface area contributed by atoms with Gasteiger partial charge in [-0.15, -0.1) is 0 Å². The fourth-order valence-corrected chi connectivity index (χ4v) is 4.42. The van der Waals surface area contributed by atoms with Crippen LogP contribution in [0.4, 0.5) is 0 Å². The van der Waals surface area contributed by atoms with Gasteiger partial charge < -0.3 is 9.47 Å². The molecule has 5 nitrogen and oxygen atoms in total. The van der Waals surface area contributed by atoms with Crippen LogP contribution < -0.4 is 0 Å². The van der Waals surface area contributed by atoms with E-state index >= 15 is 0 Å². The average molecular weight is 352 g/mol. The standard InChI is InChI=1S/C21H28N4O/c1-2-11-23-12-10-22-20(23)16-24-13-17-8-9-19(24)15-25(14-17)21(26)18-6-4-3-5-7-18/h3-7,10,12,17,19H,2,8-9,11,13-16H2,1H3/t17-,19-/m1/s1. The highest BCUT2D eigenvalue weighted by atomic mass is 16.2. The summed E-state index contributed by atoms with van der Waals surface area (Å²) in [6, 6.07) is 10.1. The third-order valence-corrected chi connectivity index (χ3v) is 5.75. The van der Waals surface area contributed by atoms with Gasteiger partial charge in [0.1, 0.15) is 5.82 Å². The Labute approximate surface area is 155 Å². The van der Waals surface area contributed by atoms with Crippen molar-refractivity contribution in [3.05, 3.63) is 54.1 Å². The van der Waals surface area contributed by atoms with Crippen LogP contribution >= 0.6 is 0 Å². The van der Waals surface area contributed by atoms with E-state index in [-0.39, 0.29) is 5.91 Å². The topological polar surface area (TPSA) is 41.4 Å². The van der Waals surface area contributed by atoms with Crippen LogP contribution in [0, 0.1) is 5.92 Å². The van der Waals surface area contributed by atoms with Gasteiger partial charge in [-0.1, -0.05) is 25.1 Å². The number of hydrogen-bond donors (Lipinski definition) is 0. The van der Waals surface area contributed by atoms with Crippen molar-refractivity contribution in [3.8, 4) is 0 Å². The van der Waals surface area contributed by atoms with Crippen molar-refractivity contribution in [1.82, 2.24) is 19.4 Å². The predicted octanol–water partition coefficient (Wildman–Crippen LogP) is 3.03. The summed E-state index contributed by atoms with van der Waals surface area (Å²) in [6.45, 7) is 6.90. The van der Waals surface area contributed by atoms with Gasteiger partial charge in [0.25, 0.3) is 5.91 Å². The van der Waals surface area contributed by atoms with Crippen LogP contribution in [-0.4, -0.2) is 50.9 Å². The lowest BCUT2D eigenvalue weighted by Gasteiger charge is -2.35. The first kappa shape index (κ1) is 17.3. The van der Waals surface area contributed by atoms with Gasteiger partial charge in [0.05, 0.1) is 6.54 Å². The molecule has 3 saturated heterocycles. The Morgan fingerprint density at radius 2 is 2.00 bits per heavy atom. The largest absolute Gasteiger partial charge is 0.337 e. The molecule has 26 heavy (non-hydrogen) atoms. The molecule has 2 bridgehead atoms. The Kier molecular flexibility index (Phi) is 5.07. The minimum absolute atomic E-state index is 0.178. The molecule has 1 aromatic heterocycles. The summed E-state index contributed by atoms with van der Waals surface area (Å²) in [6.07, 6.45) is 7.52. The summed E-state index contributed by atoms with van der Waals surface area (Å²) in [5, 5.41) is 0. The Hall–Kier alpha value is -2.14. The summed E-state index contributed by atoms with van der Waals surface area (Å²) in [7, 11) is 0. The summed E-state index contributed by atoms with van der Waals surface area (Å²) >= 11 is 0. The highest BCUT2D eigenvalue weighted by Crippen LogP contribution is 2.29. The second-order valence-electron chi connectivity index (χ2n) is 7.64. The number of imidazole rings is 1. The van der Waals surface area contributed by atoms with Crippen LogP contribution in [0.1, 0.15) is 42.4 Å². The highest BCUT2D eigenvalue weighted by Gasteiger charge is 2.37. The molecule has 0 aliphatic carbocycles. The maximum atomic E-state index is 12.9. The van der Waals surface area contributed by atoms with Crippen LogP contribution in [0.3, 0.4) is 0 Å². The van der Waals surface area contributed by atoms with Crippen LogP contribution in [0.15, 0.2) is 42.7 Å². The molecule has 5 rings (SSSR count). The fraction of sp³-hybridized carbons (Fsp3) is 0.524. The third-order valence-electron chi connectivity index (χ3n) is 5.75. The van der Waals surface area contributed by atoms with E-state index in [0.29, 0.717) is 12.0 Å². The first-order valence-electron chi connectivity index (χ1n) is 9.83. The van der Waals surface area contributed by atoms with E-state index in [2.05, 4.69) is 32.5 Å². The van der Waals surface area contributed by atoms with Crippen molar-refractivity contribution < 1.29 is 4.79 Å². The lowest BCUT2D eigenvalue weighted by Crippen LogP contribution is -2.44. The Morgan fingerprint density at radius 3 is 2.81 bits per heavy atom. The van der Waals surface area contributed by atoms with E-state index in [1.807, 2.05) is 36.5 Å². The second kappa shape index (κ2) is 7.62. The lowest BCUT2D eigenvalue weighted by molar-refractivity contribution is 0.0734.